The number of anilines is 2. The van der Waals surface area contributed by atoms with Gasteiger partial charge in [-0.05, 0) is 63.5 Å². The van der Waals surface area contributed by atoms with E-state index in [1.165, 1.54) is 17.3 Å². The average molecular weight is 466 g/mol. The topological polar surface area (TPSA) is 79.8 Å². The number of thioether (sulfide) groups is 1. The van der Waals surface area contributed by atoms with Gasteiger partial charge in [0.1, 0.15) is 0 Å². The lowest BCUT2D eigenvalue weighted by atomic mass is 10.0. The third-order valence-electron chi connectivity index (χ3n) is 5.22. The minimum atomic E-state index is -0.339. The van der Waals surface area contributed by atoms with E-state index in [1.54, 1.807) is 6.92 Å². The number of amides is 1. The maximum absolute atomic E-state index is 13.2. The number of ether oxygens (including phenoxy) is 1. The second-order valence-corrected chi connectivity index (χ2v) is 9.24. The molecule has 1 atom stereocenters. The lowest BCUT2D eigenvalue weighted by molar-refractivity contribution is -0.142. The molecule has 174 valence electrons. The molecule has 2 N–H and O–H groups in total. The van der Waals surface area contributed by atoms with Crippen LogP contribution >= 0.6 is 11.8 Å². The normalized spacial score (nSPS) is 13.6. The van der Waals surface area contributed by atoms with Crippen LogP contribution in [0.15, 0.2) is 53.2 Å². The van der Waals surface area contributed by atoms with Crippen LogP contribution < -0.4 is 10.6 Å². The van der Waals surface area contributed by atoms with Gasteiger partial charge in [0.05, 0.1) is 34.7 Å². The molecule has 0 aromatic heterocycles. The highest BCUT2D eigenvalue weighted by atomic mass is 32.2. The number of fused-ring (bicyclic) bond motifs is 1. The second kappa shape index (κ2) is 11.2. The van der Waals surface area contributed by atoms with E-state index in [9.17, 15) is 9.59 Å². The van der Waals surface area contributed by atoms with Crippen molar-refractivity contribution in [3.8, 4) is 0 Å². The third-order valence-corrected chi connectivity index (χ3v) is 6.50. The highest BCUT2D eigenvalue weighted by Crippen LogP contribution is 2.33. The fourth-order valence-electron chi connectivity index (χ4n) is 3.76. The van der Waals surface area contributed by atoms with Crippen molar-refractivity contribution in [1.29, 1.82) is 0 Å². The van der Waals surface area contributed by atoms with Gasteiger partial charge in [-0.15, -0.1) is 0 Å². The largest absolute Gasteiger partial charge is 0.466 e. The number of carbonyl (C=O) groups excluding carboxylic acids is 2. The summed E-state index contributed by atoms with van der Waals surface area (Å²) in [4.78, 5) is 30.1. The van der Waals surface area contributed by atoms with E-state index in [1.807, 2.05) is 58.0 Å². The van der Waals surface area contributed by atoms with Crippen LogP contribution in [0.5, 0.6) is 0 Å². The molecule has 7 heteroatoms. The van der Waals surface area contributed by atoms with Crippen molar-refractivity contribution in [3.63, 3.8) is 0 Å². The molecule has 2 aromatic carbocycles. The number of aryl methyl sites for hydroxylation is 3. The van der Waals surface area contributed by atoms with Crippen molar-refractivity contribution in [2.45, 2.75) is 52.7 Å². The van der Waals surface area contributed by atoms with E-state index in [2.05, 4.69) is 22.8 Å². The Hall–Kier alpha value is -3.06. The molecule has 1 aliphatic heterocycles. The molecule has 1 amide bonds. The van der Waals surface area contributed by atoms with Crippen molar-refractivity contribution in [2.75, 3.05) is 17.2 Å². The molecule has 6 nitrogen and oxygen atoms in total. The van der Waals surface area contributed by atoms with Gasteiger partial charge in [0, 0.05) is 11.4 Å². The summed E-state index contributed by atoms with van der Waals surface area (Å²) in [7, 11) is 0. The van der Waals surface area contributed by atoms with Crippen LogP contribution in [0.4, 0.5) is 17.1 Å². The summed E-state index contributed by atoms with van der Waals surface area (Å²) in [6.07, 6.45) is 2.57. The number of rotatable bonds is 7. The van der Waals surface area contributed by atoms with Crippen LogP contribution in [0.3, 0.4) is 0 Å². The van der Waals surface area contributed by atoms with Gasteiger partial charge in [-0.25, -0.2) is 4.99 Å². The molecule has 2 aromatic rings. The highest BCUT2D eigenvalue weighted by Gasteiger charge is 2.23. The Bertz CT molecular complexity index is 1080. The Morgan fingerprint density at radius 1 is 1.12 bits per heavy atom. The van der Waals surface area contributed by atoms with Crippen LogP contribution in [0, 0.1) is 20.8 Å². The van der Waals surface area contributed by atoms with Gasteiger partial charge in [-0.1, -0.05) is 48.5 Å². The molecule has 0 fully saturated rings. The number of aliphatic imine (C=N–C) groups is 1. The summed E-state index contributed by atoms with van der Waals surface area (Å²) in [5, 5.41) is 6.74. The molecule has 0 radical (unpaired) electrons. The Morgan fingerprint density at radius 2 is 1.82 bits per heavy atom. The maximum atomic E-state index is 13.2. The molecular weight excluding hydrogens is 434 g/mol. The predicted octanol–water partition coefficient (Wildman–Crippen LogP) is 6.05. The number of carbonyl (C=O) groups is 2. The van der Waals surface area contributed by atoms with Crippen LogP contribution in [0.25, 0.3) is 0 Å². The van der Waals surface area contributed by atoms with Crippen molar-refractivity contribution in [1.82, 2.24) is 0 Å². The molecule has 0 bridgehead atoms. The van der Waals surface area contributed by atoms with Gasteiger partial charge in [-0.3, -0.25) is 9.59 Å². The highest BCUT2D eigenvalue weighted by molar-refractivity contribution is 8.15. The second-order valence-electron chi connectivity index (χ2n) is 8.02. The molecule has 3 rings (SSSR count). The van der Waals surface area contributed by atoms with E-state index in [4.69, 9.17) is 9.73 Å². The van der Waals surface area contributed by atoms with E-state index in [0.29, 0.717) is 23.8 Å². The molecule has 1 unspecified atom stereocenters. The van der Waals surface area contributed by atoms with Crippen molar-refractivity contribution >= 4 is 45.7 Å². The molecule has 0 saturated carbocycles. The van der Waals surface area contributed by atoms with Crippen LogP contribution in [-0.4, -0.2) is 28.8 Å². The lowest BCUT2D eigenvalue weighted by Crippen LogP contribution is -2.26. The SMILES string of the molecule is CCOC(=O)CC1=CC(SC(CC)C(=O)Nc2c(C)cc(C)cc2C)=Nc2ccccc2N1. The third kappa shape index (κ3) is 6.48. The van der Waals surface area contributed by atoms with Gasteiger partial charge in [0.25, 0.3) is 0 Å². The Morgan fingerprint density at radius 3 is 2.48 bits per heavy atom. The van der Waals surface area contributed by atoms with Crippen LogP contribution in [0.2, 0.25) is 0 Å². The fraction of sp³-hybridized carbons (Fsp3) is 0.346. The molecule has 0 saturated heterocycles. The maximum Gasteiger partial charge on any atom is 0.311 e. The van der Waals surface area contributed by atoms with E-state index in [0.717, 1.165) is 28.2 Å². The number of benzene rings is 2. The predicted molar refractivity (Wildman–Crippen MR) is 137 cm³/mol. The first-order valence-electron chi connectivity index (χ1n) is 11.2. The van der Waals surface area contributed by atoms with E-state index < -0.39 is 0 Å². The van der Waals surface area contributed by atoms with Gasteiger partial charge in [0.15, 0.2) is 0 Å². The van der Waals surface area contributed by atoms with Gasteiger partial charge in [0.2, 0.25) is 5.91 Å². The molecule has 33 heavy (non-hydrogen) atoms. The minimum absolute atomic E-state index is 0.0638. The first-order chi connectivity index (χ1) is 15.8. The van der Waals surface area contributed by atoms with Crippen molar-refractivity contribution < 1.29 is 14.3 Å². The molecule has 0 aliphatic carbocycles. The molecular formula is C26H31N3O3S. The quantitative estimate of drug-likeness (QED) is 0.486. The molecule has 0 spiro atoms. The first kappa shape index (κ1) is 24.6. The summed E-state index contributed by atoms with van der Waals surface area (Å²) >= 11 is 1.40. The number of para-hydroxylation sites is 2. The zero-order chi connectivity index (χ0) is 24.0. The summed E-state index contributed by atoms with van der Waals surface area (Å²) in [6, 6.07) is 11.8. The molecule has 1 heterocycles. The molecule has 1 aliphatic rings. The van der Waals surface area contributed by atoms with Crippen LogP contribution in [-0.2, 0) is 14.3 Å². The van der Waals surface area contributed by atoms with E-state index in [-0.39, 0.29) is 23.5 Å². The average Bonchev–Trinajstić information content (AvgIpc) is 2.92. The van der Waals surface area contributed by atoms with Crippen LogP contribution in [0.1, 0.15) is 43.4 Å². The zero-order valence-electron chi connectivity index (χ0n) is 19.8. The lowest BCUT2D eigenvalue weighted by Gasteiger charge is -2.18. The minimum Gasteiger partial charge on any atom is -0.466 e. The monoisotopic (exact) mass is 465 g/mol. The summed E-state index contributed by atoms with van der Waals surface area (Å²) < 4.78 is 5.12. The number of hydrogen-bond acceptors (Lipinski definition) is 6. The van der Waals surface area contributed by atoms with E-state index >= 15 is 0 Å². The Balaban J connectivity index is 1.85. The Labute approximate surface area is 199 Å². The van der Waals surface area contributed by atoms with Gasteiger partial charge < -0.3 is 15.4 Å². The smallest absolute Gasteiger partial charge is 0.311 e. The Kier molecular flexibility index (Phi) is 8.33. The van der Waals surface area contributed by atoms with Gasteiger partial charge in [-0.2, -0.15) is 0 Å². The standard InChI is InChI=1S/C26H31N3O3S/c1-6-22(26(31)29-25-17(4)12-16(3)13-18(25)5)33-23-14-19(15-24(30)32-7-2)27-20-10-8-9-11-21(20)28-23/h8-14,22,27H,6-7,15H2,1-5H3,(H,29,31). The summed E-state index contributed by atoms with van der Waals surface area (Å²) in [5.41, 5.74) is 6.37. The van der Waals surface area contributed by atoms with Crippen molar-refractivity contribution in [2.24, 2.45) is 4.99 Å². The number of nitrogens with one attached hydrogen (secondary N) is 2. The number of esters is 1. The summed E-state index contributed by atoms with van der Waals surface area (Å²) in [6.45, 7) is 10.2. The first-order valence-corrected chi connectivity index (χ1v) is 12.0. The van der Waals surface area contributed by atoms with Crippen molar-refractivity contribution in [3.05, 3.63) is 64.9 Å². The number of nitrogens with zero attached hydrogens (tertiary/aromatic N) is 1. The fourth-order valence-corrected chi connectivity index (χ4v) is 4.74. The zero-order valence-corrected chi connectivity index (χ0v) is 20.6. The summed E-state index contributed by atoms with van der Waals surface area (Å²) in [5.74, 6) is -0.374. The van der Waals surface area contributed by atoms with Gasteiger partial charge >= 0.3 is 5.97 Å². The number of hydrogen-bond donors (Lipinski definition) is 2.